The zero-order valence-electron chi connectivity index (χ0n) is 16.0. The number of carbonyl (C=O) groups is 4. The highest BCUT2D eigenvalue weighted by Crippen LogP contribution is 2.14. The summed E-state index contributed by atoms with van der Waals surface area (Å²) in [6.07, 6.45) is -3.41. The second-order valence-corrected chi connectivity index (χ2v) is 6.49. The van der Waals surface area contributed by atoms with E-state index in [1.165, 1.54) is 48.5 Å². The van der Waals surface area contributed by atoms with Crippen molar-refractivity contribution in [1.82, 2.24) is 10.6 Å². The number of nitrogens with one attached hydrogen (secondary N) is 2. The second kappa shape index (κ2) is 10.5. The smallest absolute Gasteiger partial charge is 0.405 e. The SMILES string of the molecule is O=C(O)N[C@@H](Cc1ccc(O)cc1)C(=O)OC(=O)[C@H](Cc1ccc(O)cc1)NC(=O)O. The van der Waals surface area contributed by atoms with Crippen molar-refractivity contribution in [2.24, 2.45) is 0 Å². The summed E-state index contributed by atoms with van der Waals surface area (Å²) in [6, 6.07) is 8.29. The lowest BCUT2D eigenvalue weighted by molar-refractivity contribution is -0.162. The zero-order valence-corrected chi connectivity index (χ0v) is 16.0. The maximum absolute atomic E-state index is 12.4. The molecule has 0 saturated carbocycles. The van der Waals surface area contributed by atoms with Gasteiger partial charge in [-0.3, -0.25) is 0 Å². The van der Waals surface area contributed by atoms with Crippen LogP contribution in [0.3, 0.4) is 0 Å². The summed E-state index contributed by atoms with van der Waals surface area (Å²) in [5, 5.41) is 40.5. The molecular formula is C20H20N2O9. The summed E-state index contributed by atoms with van der Waals surface area (Å²) in [5.41, 5.74) is 0.954. The van der Waals surface area contributed by atoms with Gasteiger partial charge in [0.1, 0.15) is 23.6 Å². The van der Waals surface area contributed by atoms with Gasteiger partial charge in [-0.25, -0.2) is 19.2 Å². The van der Waals surface area contributed by atoms with Gasteiger partial charge in [0, 0.05) is 12.8 Å². The molecule has 2 rings (SSSR count). The molecule has 0 aliphatic carbocycles. The van der Waals surface area contributed by atoms with Gasteiger partial charge in [0.15, 0.2) is 0 Å². The number of hydrogen-bond donors (Lipinski definition) is 6. The predicted molar refractivity (Wildman–Crippen MR) is 105 cm³/mol. The molecule has 2 aromatic rings. The maximum atomic E-state index is 12.4. The van der Waals surface area contributed by atoms with Crippen LogP contribution in [0.4, 0.5) is 9.59 Å². The zero-order chi connectivity index (χ0) is 23.0. The fourth-order valence-electron chi connectivity index (χ4n) is 2.66. The summed E-state index contributed by atoms with van der Waals surface area (Å²) in [5.74, 6) is -2.49. The molecule has 0 bridgehead atoms. The molecule has 0 aliphatic heterocycles. The van der Waals surface area contributed by atoms with Gasteiger partial charge < -0.3 is 35.8 Å². The monoisotopic (exact) mass is 432 g/mol. The first-order chi connectivity index (χ1) is 14.6. The number of phenolic OH excluding ortho intramolecular Hbond substituents is 2. The number of esters is 2. The normalized spacial score (nSPS) is 12.3. The Morgan fingerprint density at radius 1 is 0.677 bits per heavy atom. The van der Waals surface area contributed by atoms with Crippen LogP contribution in [-0.4, -0.2) is 56.6 Å². The third-order valence-corrected chi connectivity index (χ3v) is 4.12. The van der Waals surface area contributed by atoms with E-state index < -0.39 is 36.2 Å². The lowest BCUT2D eigenvalue weighted by atomic mass is 10.0. The number of phenols is 2. The summed E-state index contributed by atoms with van der Waals surface area (Å²) in [7, 11) is 0. The topological polar surface area (TPSA) is 182 Å². The number of carboxylic acid groups (broad SMARTS) is 2. The van der Waals surface area contributed by atoms with E-state index in [0.717, 1.165) is 0 Å². The molecule has 164 valence electrons. The van der Waals surface area contributed by atoms with E-state index in [0.29, 0.717) is 11.1 Å². The first-order valence-electron chi connectivity index (χ1n) is 8.94. The Labute approximate surface area is 175 Å². The van der Waals surface area contributed by atoms with Gasteiger partial charge in [0.05, 0.1) is 0 Å². The average Bonchev–Trinajstić information content (AvgIpc) is 2.69. The van der Waals surface area contributed by atoms with E-state index in [-0.39, 0.29) is 24.3 Å². The highest BCUT2D eigenvalue weighted by molar-refractivity contribution is 5.93. The van der Waals surface area contributed by atoms with Crippen molar-refractivity contribution in [2.45, 2.75) is 24.9 Å². The average molecular weight is 432 g/mol. The summed E-state index contributed by atoms with van der Waals surface area (Å²) in [4.78, 5) is 46.9. The van der Waals surface area contributed by atoms with E-state index in [9.17, 15) is 29.4 Å². The molecule has 2 amide bonds. The Hall–Kier alpha value is -4.28. The van der Waals surface area contributed by atoms with Gasteiger partial charge in [-0.2, -0.15) is 0 Å². The molecule has 0 fully saturated rings. The molecular weight excluding hydrogens is 412 g/mol. The van der Waals surface area contributed by atoms with E-state index in [4.69, 9.17) is 14.9 Å². The minimum absolute atomic E-state index is 0.0268. The van der Waals surface area contributed by atoms with E-state index in [1.807, 2.05) is 10.6 Å². The fourth-order valence-corrected chi connectivity index (χ4v) is 2.66. The molecule has 0 aromatic heterocycles. The molecule has 0 heterocycles. The van der Waals surface area contributed by atoms with Crippen LogP contribution in [0, 0.1) is 0 Å². The van der Waals surface area contributed by atoms with Crippen LogP contribution in [-0.2, 0) is 27.2 Å². The lowest BCUT2D eigenvalue weighted by Crippen LogP contribution is -2.47. The highest BCUT2D eigenvalue weighted by Gasteiger charge is 2.30. The Morgan fingerprint density at radius 3 is 1.29 bits per heavy atom. The third-order valence-electron chi connectivity index (χ3n) is 4.12. The van der Waals surface area contributed by atoms with Crippen molar-refractivity contribution in [2.75, 3.05) is 0 Å². The summed E-state index contributed by atoms with van der Waals surface area (Å²) < 4.78 is 4.74. The predicted octanol–water partition coefficient (Wildman–Crippen LogP) is 1.23. The van der Waals surface area contributed by atoms with Gasteiger partial charge >= 0.3 is 24.1 Å². The highest BCUT2D eigenvalue weighted by atomic mass is 16.6. The molecule has 0 radical (unpaired) electrons. The van der Waals surface area contributed by atoms with E-state index in [2.05, 4.69) is 0 Å². The molecule has 31 heavy (non-hydrogen) atoms. The molecule has 0 saturated heterocycles. The Morgan fingerprint density at radius 2 is 1.00 bits per heavy atom. The van der Waals surface area contributed by atoms with Crippen molar-refractivity contribution in [1.29, 1.82) is 0 Å². The number of hydrogen-bond acceptors (Lipinski definition) is 7. The van der Waals surface area contributed by atoms with Gasteiger partial charge in [-0.05, 0) is 35.4 Å². The van der Waals surface area contributed by atoms with Crippen LogP contribution in [0.5, 0.6) is 11.5 Å². The molecule has 0 aliphatic rings. The van der Waals surface area contributed by atoms with Crippen molar-refractivity contribution >= 4 is 24.1 Å². The number of benzene rings is 2. The Kier molecular flexibility index (Phi) is 7.78. The first-order valence-corrected chi connectivity index (χ1v) is 8.94. The Balaban J connectivity index is 2.12. The molecule has 11 heteroatoms. The van der Waals surface area contributed by atoms with Crippen LogP contribution in [0.1, 0.15) is 11.1 Å². The van der Waals surface area contributed by atoms with Crippen molar-refractivity contribution in [3.63, 3.8) is 0 Å². The number of carbonyl (C=O) groups excluding carboxylic acids is 2. The van der Waals surface area contributed by atoms with Crippen LogP contribution in [0.2, 0.25) is 0 Å². The lowest BCUT2D eigenvalue weighted by Gasteiger charge is -2.19. The number of aromatic hydroxyl groups is 2. The van der Waals surface area contributed by atoms with Crippen LogP contribution >= 0.6 is 0 Å². The molecule has 2 atom stereocenters. The van der Waals surface area contributed by atoms with Gasteiger partial charge in [0.25, 0.3) is 0 Å². The van der Waals surface area contributed by atoms with E-state index >= 15 is 0 Å². The maximum Gasteiger partial charge on any atom is 0.405 e. The minimum atomic E-state index is -1.53. The van der Waals surface area contributed by atoms with Crippen molar-refractivity contribution < 1.29 is 44.3 Å². The number of amides is 2. The summed E-state index contributed by atoms with van der Waals surface area (Å²) in [6.45, 7) is 0. The van der Waals surface area contributed by atoms with Crippen molar-refractivity contribution in [3.05, 3.63) is 59.7 Å². The largest absolute Gasteiger partial charge is 0.508 e. The second-order valence-electron chi connectivity index (χ2n) is 6.49. The summed E-state index contributed by atoms with van der Waals surface area (Å²) >= 11 is 0. The molecule has 0 spiro atoms. The third kappa shape index (κ3) is 7.57. The molecule has 0 unspecified atom stereocenters. The van der Waals surface area contributed by atoms with Crippen molar-refractivity contribution in [3.8, 4) is 11.5 Å². The van der Waals surface area contributed by atoms with Crippen LogP contribution < -0.4 is 10.6 Å². The first kappa shape index (κ1) is 23.0. The Bertz CT molecular complexity index is 865. The standard InChI is InChI=1S/C20H20N2O9/c23-13-5-1-11(2-6-13)9-15(21-19(27)28)17(25)31-18(26)16(22-20(29)30)10-12-3-7-14(24)8-4-12/h1-8,15-16,21-24H,9-10H2,(H,27,28)(H,29,30)/t15-,16-/m0/s1. The van der Waals surface area contributed by atoms with Gasteiger partial charge in [0.2, 0.25) is 0 Å². The molecule has 2 aromatic carbocycles. The number of rotatable bonds is 8. The van der Waals surface area contributed by atoms with Gasteiger partial charge in [-0.1, -0.05) is 24.3 Å². The van der Waals surface area contributed by atoms with Gasteiger partial charge in [-0.15, -0.1) is 0 Å². The molecule has 11 nitrogen and oxygen atoms in total. The molecule has 6 N–H and O–H groups in total. The quantitative estimate of drug-likeness (QED) is 0.264. The number of ether oxygens (including phenoxy) is 1. The fraction of sp³-hybridized carbons (Fsp3) is 0.200. The van der Waals surface area contributed by atoms with Crippen LogP contribution in [0.25, 0.3) is 0 Å². The van der Waals surface area contributed by atoms with Crippen LogP contribution in [0.15, 0.2) is 48.5 Å². The minimum Gasteiger partial charge on any atom is -0.508 e. The van der Waals surface area contributed by atoms with E-state index in [1.54, 1.807) is 0 Å².